The number of hydrogen-bond acceptors (Lipinski definition) is 6. The van der Waals surface area contributed by atoms with Crippen LogP contribution in [0.4, 0.5) is 0 Å². The maximum absolute atomic E-state index is 12.4. The molecule has 0 saturated carbocycles. The lowest BCUT2D eigenvalue weighted by atomic mass is 10.0. The molecule has 7 nitrogen and oxygen atoms in total. The van der Waals surface area contributed by atoms with Gasteiger partial charge in [-0.05, 0) is 18.4 Å². The summed E-state index contributed by atoms with van der Waals surface area (Å²) in [5.74, 6) is 0.106. The first kappa shape index (κ1) is 18.8. The van der Waals surface area contributed by atoms with E-state index in [1.54, 1.807) is 7.11 Å². The van der Waals surface area contributed by atoms with Crippen LogP contribution in [0, 0.1) is 0 Å². The molecule has 7 heteroatoms. The number of benzene rings is 1. The molecule has 2 N–H and O–H groups in total. The van der Waals surface area contributed by atoms with Crippen molar-refractivity contribution in [2.45, 2.75) is 43.9 Å². The highest BCUT2D eigenvalue weighted by Gasteiger charge is 2.42. The molecule has 1 aromatic carbocycles. The lowest BCUT2D eigenvalue weighted by Gasteiger charge is -2.44. The fourth-order valence-electron chi connectivity index (χ4n) is 4.52. The molecule has 0 aliphatic carbocycles. The Morgan fingerprint density at radius 3 is 2.70 bits per heavy atom. The number of carbonyl (C=O) groups is 1. The highest BCUT2D eigenvalue weighted by atomic mass is 16.5. The van der Waals surface area contributed by atoms with Gasteiger partial charge in [0.05, 0.1) is 31.9 Å². The van der Waals surface area contributed by atoms with Crippen LogP contribution in [-0.2, 0) is 20.7 Å². The molecular formula is C20H30N4O3. The van der Waals surface area contributed by atoms with Crippen LogP contribution >= 0.6 is 0 Å². The van der Waals surface area contributed by atoms with Gasteiger partial charge in [0.15, 0.2) is 0 Å². The maximum atomic E-state index is 12.4. The van der Waals surface area contributed by atoms with E-state index >= 15 is 0 Å². The summed E-state index contributed by atoms with van der Waals surface area (Å²) in [6.07, 6.45) is 2.45. The zero-order valence-electron chi connectivity index (χ0n) is 16.0. The second-order valence-electron chi connectivity index (χ2n) is 7.56. The second-order valence-corrected chi connectivity index (χ2v) is 7.56. The van der Waals surface area contributed by atoms with Gasteiger partial charge in [-0.15, -0.1) is 0 Å². The van der Waals surface area contributed by atoms with Crippen molar-refractivity contribution in [3.8, 4) is 0 Å². The molecule has 2 unspecified atom stereocenters. The van der Waals surface area contributed by atoms with E-state index in [1.807, 2.05) is 6.07 Å². The molecule has 0 radical (unpaired) electrons. The average Bonchev–Trinajstić information content (AvgIpc) is 3.11. The van der Waals surface area contributed by atoms with E-state index in [9.17, 15) is 4.79 Å². The monoisotopic (exact) mass is 374 g/mol. The van der Waals surface area contributed by atoms with Crippen molar-refractivity contribution in [1.82, 2.24) is 20.4 Å². The Kier molecular flexibility index (Phi) is 6.04. The van der Waals surface area contributed by atoms with Crippen LogP contribution < -0.4 is 10.6 Å². The SMILES string of the molecule is CO[C@@H]1CCN(C2NC(=O)CC(N3CCOCC3)N2)[C@H]1Cc1ccccc1. The zero-order chi connectivity index (χ0) is 18.6. The fraction of sp³-hybridized carbons (Fsp3) is 0.650. The molecule has 3 aliphatic rings. The number of nitrogens with zero attached hydrogens (tertiary/aromatic N) is 2. The molecule has 1 amide bonds. The van der Waals surface area contributed by atoms with Gasteiger partial charge >= 0.3 is 0 Å². The summed E-state index contributed by atoms with van der Waals surface area (Å²) in [6.45, 7) is 4.11. The van der Waals surface area contributed by atoms with Gasteiger partial charge in [-0.3, -0.25) is 19.9 Å². The number of hydrogen-bond donors (Lipinski definition) is 2. The normalized spacial score (nSPS) is 33.1. The molecule has 4 atom stereocenters. The number of ether oxygens (including phenoxy) is 2. The molecule has 148 valence electrons. The van der Waals surface area contributed by atoms with Gasteiger partial charge in [-0.25, -0.2) is 0 Å². The third kappa shape index (κ3) is 4.33. The Bertz CT molecular complexity index is 623. The standard InChI is InChI=1S/C20H30N4O3/c1-26-17-7-8-24(16(17)13-15-5-3-2-4-6-15)20-21-18(14-19(25)22-20)23-9-11-27-12-10-23/h2-6,16-18,20-21H,7-14H2,1H3,(H,22,25)/t16-,17+,18?,20?/m0/s1. The maximum Gasteiger partial charge on any atom is 0.225 e. The van der Waals surface area contributed by atoms with Crippen molar-refractivity contribution in [2.24, 2.45) is 0 Å². The summed E-state index contributed by atoms with van der Waals surface area (Å²) in [7, 11) is 1.79. The van der Waals surface area contributed by atoms with Crippen molar-refractivity contribution in [3.63, 3.8) is 0 Å². The van der Waals surface area contributed by atoms with Crippen LogP contribution in [0.1, 0.15) is 18.4 Å². The Labute approximate surface area is 161 Å². The van der Waals surface area contributed by atoms with Crippen molar-refractivity contribution < 1.29 is 14.3 Å². The lowest BCUT2D eigenvalue weighted by Crippen LogP contribution is -2.69. The van der Waals surface area contributed by atoms with Gasteiger partial charge in [0.2, 0.25) is 5.91 Å². The molecule has 3 saturated heterocycles. The minimum absolute atomic E-state index is 0.0617. The van der Waals surface area contributed by atoms with Crippen LogP contribution in [0.3, 0.4) is 0 Å². The minimum atomic E-state index is -0.159. The first-order valence-corrected chi connectivity index (χ1v) is 9.94. The third-order valence-electron chi connectivity index (χ3n) is 5.96. The molecule has 0 spiro atoms. The number of nitrogens with one attached hydrogen (secondary N) is 2. The van der Waals surface area contributed by atoms with Crippen LogP contribution in [0.15, 0.2) is 30.3 Å². The third-order valence-corrected chi connectivity index (χ3v) is 5.96. The van der Waals surface area contributed by atoms with Crippen molar-refractivity contribution in [1.29, 1.82) is 0 Å². The van der Waals surface area contributed by atoms with E-state index in [4.69, 9.17) is 9.47 Å². The van der Waals surface area contributed by atoms with E-state index in [-0.39, 0.29) is 30.5 Å². The summed E-state index contributed by atoms with van der Waals surface area (Å²) >= 11 is 0. The molecule has 3 aliphatic heterocycles. The highest BCUT2D eigenvalue weighted by Crippen LogP contribution is 2.26. The molecule has 4 rings (SSSR count). The molecule has 3 heterocycles. The van der Waals surface area contributed by atoms with Gasteiger partial charge < -0.3 is 14.8 Å². The minimum Gasteiger partial charge on any atom is -0.380 e. The van der Waals surface area contributed by atoms with E-state index in [0.29, 0.717) is 6.42 Å². The Morgan fingerprint density at radius 1 is 1.19 bits per heavy atom. The van der Waals surface area contributed by atoms with Crippen molar-refractivity contribution in [2.75, 3.05) is 40.0 Å². The lowest BCUT2D eigenvalue weighted by molar-refractivity contribution is -0.131. The van der Waals surface area contributed by atoms with Crippen molar-refractivity contribution >= 4 is 5.91 Å². The van der Waals surface area contributed by atoms with Crippen molar-refractivity contribution in [3.05, 3.63) is 35.9 Å². The van der Waals surface area contributed by atoms with Gasteiger partial charge in [-0.2, -0.15) is 0 Å². The molecule has 1 aromatic rings. The number of likely N-dealkylation sites (tertiary alicyclic amines) is 1. The van der Waals surface area contributed by atoms with Gasteiger partial charge in [0.25, 0.3) is 0 Å². The van der Waals surface area contributed by atoms with Crippen LogP contribution in [0.25, 0.3) is 0 Å². The number of rotatable bonds is 5. The highest BCUT2D eigenvalue weighted by molar-refractivity contribution is 5.77. The van der Waals surface area contributed by atoms with Gasteiger partial charge in [-0.1, -0.05) is 30.3 Å². The Morgan fingerprint density at radius 2 is 1.96 bits per heavy atom. The number of morpholine rings is 1. The molecule has 0 aromatic heterocycles. The van der Waals surface area contributed by atoms with Gasteiger partial charge in [0, 0.05) is 32.8 Å². The first-order valence-electron chi connectivity index (χ1n) is 9.94. The predicted octanol–water partition coefficient (Wildman–Crippen LogP) is 0.370. The summed E-state index contributed by atoms with van der Waals surface area (Å²) in [5, 5.41) is 6.81. The van der Waals surface area contributed by atoms with E-state index in [0.717, 1.165) is 45.7 Å². The second kappa shape index (κ2) is 8.67. The summed E-state index contributed by atoms with van der Waals surface area (Å²) in [5.41, 5.74) is 1.29. The van der Waals surface area contributed by atoms with E-state index in [2.05, 4.69) is 44.7 Å². The first-order chi connectivity index (χ1) is 13.2. The summed E-state index contributed by atoms with van der Waals surface area (Å²) < 4.78 is 11.2. The molecule has 27 heavy (non-hydrogen) atoms. The van der Waals surface area contributed by atoms with E-state index in [1.165, 1.54) is 5.56 Å². The Balaban J connectivity index is 1.48. The number of amides is 1. The summed E-state index contributed by atoms with van der Waals surface area (Å²) in [4.78, 5) is 17.1. The molecular weight excluding hydrogens is 344 g/mol. The predicted molar refractivity (Wildman–Crippen MR) is 102 cm³/mol. The van der Waals surface area contributed by atoms with Gasteiger partial charge in [0.1, 0.15) is 6.29 Å². The Hall–Kier alpha value is -1.51. The number of methoxy groups -OCH3 is 1. The quantitative estimate of drug-likeness (QED) is 0.776. The summed E-state index contributed by atoms with van der Waals surface area (Å²) in [6, 6.07) is 10.7. The number of carbonyl (C=O) groups excluding carboxylic acids is 1. The fourth-order valence-corrected chi connectivity index (χ4v) is 4.52. The smallest absolute Gasteiger partial charge is 0.225 e. The molecule has 0 bridgehead atoms. The zero-order valence-corrected chi connectivity index (χ0v) is 16.0. The van der Waals surface area contributed by atoms with Crippen LogP contribution in [0.2, 0.25) is 0 Å². The van der Waals surface area contributed by atoms with Crippen LogP contribution in [0.5, 0.6) is 0 Å². The van der Waals surface area contributed by atoms with Crippen LogP contribution in [-0.4, -0.2) is 80.3 Å². The molecule has 3 fully saturated rings. The topological polar surface area (TPSA) is 66.1 Å². The largest absolute Gasteiger partial charge is 0.380 e. The van der Waals surface area contributed by atoms with E-state index < -0.39 is 0 Å². The average molecular weight is 374 g/mol.